The van der Waals surface area contributed by atoms with Gasteiger partial charge in [-0.15, -0.1) is 0 Å². The SMILES string of the molecule is Cc1c(C(C)(C)C)cnn1C(C)(C)CS. The summed E-state index contributed by atoms with van der Waals surface area (Å²) in [6.07, 6.45) is 1.99. The summed E-state index contributed by atoms with van der Waals surface area (Å²) in [7, 11) is 0. The number of hydrogen-bond acceptors (Lipinski definition) is 2. The molecular formula is C12H22N2S. The number of hydrogen-bond donors (Lipinski definition) is 1. The van der Waals surface area contributed by atoms with Crippen LogP contribution in [0.25, 0.3) is 0 Å². The summed E-state index contributed by atoms with van der Waals surface area (Å²) in [5, 5.41) is 4.49. The second kappa shape index (κ2) is 3.85. The molecule has 0 aliphatic rings. The van der Waals surface area contributed by atoms with Crippen molar-refractivity contribution in [3.8, 4) is 0 Å². The van der Waals surface area contributed by atoms with Crippen molar-refractivity contribution in [3.63, 3.8) is 0 Å². The molecule has 0 unspecified atom stereocenters. The molecule has 86 valence electrons. The zero-order valence-electron chi connectivity index (χ0n) is 10.6. The Kier molecular flexibility index (Phi) is 3.24. The third-order valence-electron chi connectivity index (χ3n) is 2.78. The average Bonchev–Trinajstić information content (AvgIpc) is 2.46. The second-order valence-electron chi connectivity index (χ2n) is 5.78. The van der Waals surface area contributed by atoms with E-state index in [0.717, 1.165) is 5.75 Å². The summed E-state index contributed by atoms with van der Waals surface area (Å²) in [4.78, 5) is 0. The van der Waals surface area contributed by atoms with E-state index in [0.29, 0.717) is 0 Å². The van der Waals surface area contributed by atoms with Crippen molar-refractivity contribution in [2.75, 3.05) is 5.75 Å². The number of rotatable bonds is 2. The summed E-state index contributed by atoms with van der Waals surface area (Å²) in [6, 6.07) is 0. The van der Waals surface area contributed by atoms with E-state index >= 15 is 0 Å². The number of thiol groups is 1. The van der Waals surface area contributed by atoms with E-state index in [2.05, 4.69) is 64.0 Å². The summed E-state index contributed by atoms with van der Waals surface area (Å²) in [5.74, 6) is 0.791. The maximum absolute atomic E-state index is 4.49. The molecule has 1 rings (SSSR count). The predicted molar refractivity (Wildman–Crippen MR) is 68.8 cm³/mol. The van der Waals surface area contributed by atoms with E-state index in [1.54, 1.807) is 0 Å². The van der Waals surface area contributed by atoms with Crippen molar-refractivity contribution < 1.29 is 0 Å². The Balaban J connectivity index is 3.22. The average molecular weight is 226 g/mol. The highest BCUT2D eigenvalue weighted by molar-refractivity contribution is 7.80. The van der Waals surface area contributed by atoms with Gasteiger partial charge in [0.05, 0.1) is 11.7 Å². The minimum Gasteiger partial charge on any atom is -0.263 e. The molecule has 0 fully saturated rings. The lowest BCUT2D eigenvalue weighted by molar-refractivity contribution is 0.355. The van der Waals surface area contributed by atoms with E-state index in [1.165, 1.54) is 11.3 Å². The fourth-order valence-corrected chi connectivity index (χ4v) is 1.96. The molecule has 3 heteroatoms. The van der Waals surface area contributed by atoms with Crippen molar-refractivity contribution in [1.29, 1.82) is 0 Å². The maximum Gasteiger partial charge on any atom is 0.0662 e. The van der Waals surface area contributed by atoms with Gasteiger partial charge in [0.15, 0.2) is 0 Å². The Morgan fingerprint density at radius 1 is 1.27 bits per heavy atom. The molecular weight excluding hydrogens is 204 g/mol. The lowest BCUT2D eigenvalue weighted by Crippen LogP contribution is -2.30. The zero-order chi connectivity index (χ0) is 11.9. The van der Waals surface area contributed by atoms with Gasteiger partial charge >= 0.3 is 0 Å². The van der Waals surface area contributed by atoms with Crippen LogP contribution in [0, 0.1) is 6.92 Å². The van der Waals surface area contributed by atoms with Gasteiger partial charge in [0.25, 0.3) is 0 Å². The maximum atomic E-state index is 4.49. The minimum absolute atomic E-state index is 0.0172. The van der Waals surface area contributed by atoms with Crippen LogP contribution in [0.4, 0.5) is 0 Å². The Hall–Kier alpha value is -0.440. The summed E-state index contributed by atoms with van der Waals surface area (Å²) in [6.45, 7) is 13.1. The lowest BCUT2D eigenvalue weighted by atomic mass is 9.87. The Morgan fingerprint density at radius 3 is 2.13 bits per heavy atom. The smallest absolute Gasteiger partial charge is 0.0662 e. The topological polar surface area (TPSA) is 17.8 Å². The molecule has 1 aromatic rings. The van der Waals surface area contributed by atoms with Crippen LogP contribution in [0.15, 0.2) is 6.20 Å². The molecule has 0 aromatic carbocycles. The van der Waals surface area contributed by atoms with Gasteiger partial charge < -0.3 is 0 Å². The fraction of sp³-hybridized carbons (Fsp3) is 0.750. The first-order valence-electron chi connectivity index (χ1n) is 5.36. The van der Waals surface area contributed by atoms with E-state index in [-0.39, 0.29) is 11.0 Å². The Labute approximate surface area is 98.5 Å². The summed E-state index contributed by atoms with van der Waals surface area (Å²) >= 11 is 4.38. The van der Waals surface area contributed by atoms with Crippen molar-refractivity contribution in [3.05, 3.63) is 17.5 Å². The monoisotopic (exact) mass is 226 g/mol. The van der Waals surface area contributed by atoms with Gasteiger partial charge in [0.1, 0.15) is 0 Å². The van der Waals surface area contributed by atoms with Crippen molar-refractivity contribution in [2.24, 2.45) is 0 Å². The first-order chi connectivity index (χ1) is 6.70. The highest BCUT2D eigenvalue weighted by atomic mass is 32.1. The highest BCUT2D eigenvalue weighted by Gasteiger charge is 2.26. The zero-order valence-corrected chi connectivity index (χ0v) is 11.5. The van der Waals surface area contributed by atoms with Crippen LogP contribution >= 0.6 is 12.6 Å². The largest absolute Gasteiger partial charge is 0.263 e. The molecule has 0 amide bonds. The van der Waals surface area contributed by atoms with Gasteiger partial charge in [-0.1, -0.05) is 20.8 Å². The van der Waals surface area contributed by atoms with Crippen molar-refractivity contribution in [1.82, 2.24) is 9.78 Å². The molecule has 0 spiro atoms. The molecule has 0 saturated heterocycles. The van der Waals surface area contributed by atoms with Crippen LogP contribution in [-0.4, -0.2) is 15.5 Å². The molecule has 0 radical (unpaired) electrons. The minimum atomic E-state index is -0.0172. The van der Waals surface area contributed by atoms with Crippen molar-refractivity contribution >= 4 is 12.6 Å². The van der Waals surface area contributed by atoms with E-state index in [4.69, 9.17) is 0 Å². The van der Waals surface area contributed by atoms with Gasteiger partial charge in [0.2, 0.25) is 0 Å². The molecule has 2 nitrogen and oxygen atoms in total. The van der Waals surface area contributed by atoms with Gasteiger partial charge in [-0.2, -0.15) is 17.7 Å². The lowest BCUT2D eigenvalue weighted by Gasteiger charge is -2.26. The standard InChI is InChI=1S/C12H22N2S/c1-9-10(11(2,3)4)7-13-14(9)12(5,6)8-15/h7,15H,8H2,1-6H3. The quantitative estimate of drug-likeness (QED) is 0.767. The predicted octanol–water partition coefficient (Wildman–Crippen LogP) is 3.15. The molecule has 0 bridgehead atoms. The van der Waals surface area contributed by atoms with Crippen LogP contribution in [0.2, 0.25) is 0 Å². The molecule has 0 N–H and O–H groups in total. The summed E-state index contributed by atoms with van der Waals surface area (Å²) in [5.41, 5.74) is 2.71. The molecule has 15 heavy (non-hydrogen) atoms. The first-order valence-corrected chi connectivity index (χ1v) is 6.00. The van der Waals surface area contributed by atoms with Crippen LogP contribution in [0.5, 0.6) is 0 Å². The van der Waals surface area contributed by atoms with Crippen LogP contribution in [0.3, 0.4) is 0 Å². The molecule has 1 heterocycles. The van der Waals surface area contributed by atoms with Crippen LogP contribution in [-0.2, 0) is 11.0 Å². The van der Waals surface area contributed by atoms with E-state index in [1.807, 2.05) is 6.20 Å². The molecule has 1 aromatic heterocycles. The second-order valence-corrected chi connectivity index (χ2v) is 6.09. The van der Waals surface area contributed by atoms with Gasteiger partial charge in [-0.3, -0.25) is 4.68 Å². The molecule has 0 aliphatic carbocycles. The molecule has 0 aliphatic heterocycles. The van der Waals surface area contributed by atoms with Gasteiger partial charge in [0, 0.05) is 11.4 Å². The molecule has 0 atom stereocenters. The fourth-order valence-electron chi connectivity index (χ4n) is 1.82. The third kappa shape index (κ3) is 2.39. The Bertz CT molecular complexity index is 345. The normalized spacial score (nSPS) is 13.3. The molecule has 0 saturated carbocycles. The van der Waals surface area contributed by atoms with Crippen molar-refractivity contribution in [2.45, 2.75) is 52.5 Å². The van der Waals surface area contributed by atoms with Crippen LogP contribution < -0.4 is 0 Å². The number of nitrogens with zero attached hydrogens (tertiary/aromatic N) is 2. The third-order valence-corrected chi connectivity index (χ3v) is 3.55. The van der Waals surface area contributed by atoms with Gasteiger partial charge in [-0.25, -0.2) is 0 Å². The first kappa shape index (κ1) is 12.6. The van der Waals surface area contributed by atoms with E-state index < -0.39 is 0 Å². The Morgan fingerprint density at radius 2 is 1.80 bits per heavy atom. The highest BCUT2D eigenvalue weighted by Crippen LogP contribution is 2.28. The van der Waals surface area contributed by atoms with Gasteiger partial charge in [-0.05, 0) is 31.7 Å². The summed E-state index contributed by atoms with van der Waals surface area (Å²) < 4.78 is 2.08. The number of aromatic nitrogens is 2. The van der Waals surface area contributed by atoms with E-state index in [9.17, 15) is 0 Å². The van der Waals surface area contributed by atoms with Crippen LogP contribution in [0.1, 0.15) is 45.9 Å².